The predicted octanol–water partition coefficient (Wildman–Crippen LogP) is 4.19. The van der Waals surface area contributed by atoms with Crippen molar-refractivity contribution in [3.05, 3.63) is 27.7 Å². The van der Waals surface area contributed by atoms with Gasteiger partial charge in [0.2, 0.25) is 0 Å². The van der Waals surface area contributed by atoms with Crippen molar-refractivity contribution in [1.29, 1.82) is 0 Å². The Balaban J connectivity index is 2.27. The van der Waals surface area contributed by atoms with Crippen molar-refractivity contribution < 1.29 is 4.74 Å². The Kier molecular flexibility index (Phi) is 3.81. The molecule has 0 saturated heterocycles. The molecule has 1 aliphatic rings. The van der Waals surface area contributed by atoms with Crippen LogP contribution in [0.4, 0.5) is 0 Å². The smallest absolute Gasteiger partial charge is 0.125 e. The summed E-state index contributed by atoms with van der Waals surface area (Å²) in [5.74, 6) is 1.55. The molecule has 2 unspecified atom stereocenters. The highest BCUT2D eigenvalue weighted by molar-refractivity contribution is 9.10. The Morgan fingerprint density at radius 1 is 1.44 bits per heavy atom. The molecule has 0 spiro atoms. The van der Waals surface area contributed by atoms with Gasteiger partial charge in [-0.1, -0.05) is 22.9 Å². The molecule has 0 bridgehead atoms. The number of fused-ring (bicyclic) bond motifs is 1. The zero-order valence-corrected chi connectivity index (χ0v) is 11.9. The molecule has 0 radical (unpaired) electrons. The normalized spacial score (nSPS) is 17.8. The summed E-state index contributed by atoms with van der Waals surface area (Å²) in [6, 6.07) is 4.31. The SMILES string of the molecule is CC(Cl)C(C)Cc1cc(Br)cc2c1OCC2. The van der Waals surface area contributed by atoms with Crippen LogP contribution in [0.3, 0.4) is 0 Å². The summed E-state index contributed by atoms with van der Waals surface area (Å²) in [5.41, 5.74) is 2.60. The van der Waals surface area contributed by atoms with Crippen LogP contribution >= 0.6 is 27.5 Å². The Labute approximate surface area is 110 Å². The van der Waals surface area contributed by atoms with Crippen LogP contribution in [0.1, 0.15) is 25.0 Å². The van der Waals surface area contributed by atoms with Crippen LogP contribution in [0.15, 0.2) is 16.6 Å². The van der Waals surface area contributed by atoms with E-state index in [1.165, 1.54) is 11.1 Å². The molecular weight excluding hydrogens is 287 g/mol. The molecule has 1 nitrogen and oxygen atoms in total. The lowest BCUT2D eigenvalue weighted by Gasteiger charge is -2.16. The fraction of sp³-hybridized carbons (Fsp3) is 0.538. The first-order valence-corrected chi connectivity index (χ1v) is 6.89. The number of alkyl halides is 1. The van der Waals surface area contributed by atoms with Gasteiger partial charge in [-0.15, -0.1) is 11.6 Å². The topological polar surface area (TPSA) is 9.23 Å². The fourth-order valence-corrected chi connectivity index (χ4v) is 2.65. The average molecular weight is 304 g/mol. The van der Waals surface area contributed by atoms with Gasteiger partial charge in [0.25, 0.3) is 0 Å². The third-order valence-electron chi connectivity index (χ3n) is 3.15. The van der Waals surface area contributed by atoms with E-state index in [9.17, 15) is 0 Å². The quantitative estimate of drug-likeness (QED) is 0.761. The van der Waals surface area contributed by atoms with Crippen molar-refractivity contribution in [2.45, 2.75) is 32.1 Å². The summed E-state index contributed by atoms with van der Waals surface area (Å²) in [6.07, 6.45) is 2.00. The zero-order valence-electron chi connectivity index (χ0n) is 9.59. The molecule has 0 aliphatic carbocycles. The molecule has 16 heavy (non-hydrogen) atoms. The van der Waals surface area contributed by atoms with E-state index in [1.807, 2.05) is 6.92 Å². The first-order chi connectivity index (χ1) is 7.58. The number of hydrogen-bond donors (Lipinski definition) is 0. The maximum atomic E-state index is 6.12. The standard InChI is InChI=1S/C13H16BrClO/c1-8(9(2)15)5-11-7-12(14)6-10-3-4-16-13(10)11/h6-9H,3-5H2,1-2H3. The van der Waals surface area contributed by atoms with E-state index in [2.05, 4.69) is 35.0 Å². The second-order valence-corrected chi connectivity index (χ2v) is 6.11. The number of benzene rings is 1. The molecule has 3 heteroatoms. The lowest BCUT2D eigenvalue weighted by Crippen LogP contribution is -2.10. The van der Waals surface area contributed by atoms with Gasteiger partial charge < -0.3 is 4.74 Å². The zero-order chi connectivity index (χ0) is 11.7. The third-order valence-corrected chi connectivity index (χ3v) is 4.04. The largest absolute Gasteiger partial charge is 0.493 e. The highest BCUT2D eigenvalue weighted by atomic mass is 79.9. The number of ether oxygens (including phenoxy) is 1. The van der Waals surface area contributed by atoms with Crippen LogP contribution in [0.5, 0.6) is 5.75 Å². The summed E-state index contributed by atoms with van der Waals surface area (Å²) in [6.45, 7) is 5.04. The minimum atomic E-state index is 0.191. The van der Waals surface area contributed by atoms with Crippen LogP contribution in [0, 0.1) is 5.92 Å². The first kappa shape index (κ1) is 12.3. The van der Waals surface area contributed by atoms with Crippen molar-refractivity contribution in [2.24, 2.45) is 5.92 Å². The van der Waals surface area contributed by atoms with Crippen LogP contribution in [-0.4, -0.2) is 12.0 Å². The van der Waals surface area contributed by atoms with Crippen LogP contribution in [-0.2, 0) is 12.8 Å². The van der Waals surface area contributed by atoms with Crippen LogP contribution in [0.25, 0.3) is 0 Å². The lowest BCUT2D eigenvalue weighted by molar-refractivity contribution is 0.351. The maximum absolute atomic E-state index is 6.12. The van der Waals surface area contributed by atoms with Crippen LogP contribution in [0.2, 0.25) is 0 Å². The number of hydrogen-bond acceptors (Lipinski definition) is 1. The predicted molar refractivity (Wildman–Crippen MR) is 71.5 cm³/mol. The molecule has 1 heterocycles. The molecule has 0 N–H and O–H groups in total. The van der Waals surface area contributed by atoms with Gasteiger partial charge in [0.15, 0.2) is 0 Å². The monoisotopic (exact) mass is 302 g/mol. The first-order valence-electron chi connectivity index (χ1n) is 5.66. The Morgan fingerprint density at radius 2 is 2.19 bits per heavy atom. The van der Waals surface area contributed by atoms with Gasteiger partial charge in [0, 0.05) is 16.3 Å². The molecule has 0 aromatic heterocycles. The van der Waals surface area contributed by atoms with Crippen molar-refractivity contribution in [1.82, 2.24) is 0 Å². The number of rotatable bonds is 3. The summed E-state index contributed by atoms with van der Waals surface area (Å²) in [5, 5.41) is 0.191. The minimum absolute atomic E-state index is 0.191. The second-order valence-electron chi connectivity index (χ2n) is 4.51. The lowest BCUT2D eigenvalue weighted by atomic mass is 9.96. The van der Waals surface area contributed by atoms with E-state index in [0.717, 1.165) is 29.7 Å². The van der Waals surface area contributed by atoms with Crippen molar-refractivity contribution in [2.75, 3.05) is 6.61 Å². The van der Waals surface area contributed by atoms with Crippen molar-refractivity contribution in [3.63, 3.8) is 0 Å². The molecule has 0 amide bonds. The molecular formula is C13H16BrClO. The Morgan fingerprint density at radius 3 is 2.88 bits per heavy atom. The van der Waals surface area contributed by atoms with Crippen molar-refractivity contribution in [3.8, 4) is 5.75 Å². The van der Waals surface area contributed by atoms with Gasteiger partial charge in [-0.25, -0.2) is 0 Å². The van der Waals surface area contributed by atoms with Gasteiger partial charge in [0.05, 0.1) is 6.61 Å². The highest BCUT2D eigenvalue weighted by Gasteiger charge is 2.20. The van der Waals surface area contributed by atoms with E-state index in [4.69, 9.17) is 16.3 Å². The van der Waals surface area contributed by atoms with E-state index in [1.54, 1.807) is 0 Å². The highest BCUT2D eigenvalue weighted by Crippen LogP contribution is 2.35. The second kappa shape index (κ2) is 4.97. The van der Waals surface area contributed by atoms with Crippen molar-refractivity contribution >= 4 is 27.5 Å². The minimum Gasteiger partial charge on any atom is -0.493 e. The number of halogens is 2. The molecule has 2 atom stereocenters. The maximum Gasteiger partial charge on any atom is 0.125 e. The fourth-order valence-electron chi connectivity index (χ4n) is 2.01. The molecule has 0 fully saturated rings. The van der Waals surface area contributed by atoms with Gasteiger partial charge in [0.1, 0.15) is 5.75 Å². The summed E-state index contributed by atoms with van der Waals surface area (Å²) in [4.78, 5) is 0. The van der Waals surface area contributed by atoms with E-state index in [-0.39, 0.29) is 5.38 Å². The molecule has 88 valence electrons. The molecule has 1 aliphatic heterocycles. The third kappa shape index (κ3) is 2.54. The van der Waals surface area contributed by atoms with Gasteiger partial charge in [-0.2, -0.15) is 0 Å². The Hall–Kier alpha value is -0.210. The van der Waals surface area contributed by atoms with E-state index >= 15 is 0 Å². The molecule has 0 saturated carbocycles. The summed E-state index contributed by atoms with van der Waals surface area (Å²) < 4.78 is 6.84. The van der Waals surface area contributed by atoms with E-state index in [0.29, 0.717) is 5.92 Å². The van der Waals surface area contributed by atoms with Gasteiger partial charge in [-0.05, 0) is 42.5 Å². The summed E-state index contributed by atoms with van der Waals surface area (Å²) >= 11 is 9.67. The summed E-state index contributed by atoms with van der Waals surface area (Å²) in [7, 11) is 0. The molecule has 2 rings (SSSR count). The molecule has 1 aromatic rings. The van der Waals surface area contributed by atoms with Gasteiger partial charge >= 0.3 is 0 Å². The van der Waals surface area contributed by atoms with Gasteiger partial charge in [-0.3, -0.25) is 0 Å². The van der Waals surface area contributed by atoms with Crippen LogP contribution < -0.4 is 4.74 Å². The average Bonchev–Trinajstić information content (AvgIpc) is 2.65. The van der Waals surface area contributed by atoms with E-state index < -0.39 is 0 Å². The molecule has 1 aromatic carbocycles. The Bertz CT molecular complexity index is 390.